The highest BCUT2D eigenvalue weighted by atomic mass is 19.4. The van der Waals surface area contributed by atoms with Crippen LogP contribution in [0, 0.1) is 17.1 Å². The Balaban J connectivity index is 1.73. The van der Waals surface area contributed by atoms with Gasteiger partial charge in [-0.25, -0.2) is 9.37 Å². The van der Waals surface area contributed by atoms with Crippen LogP contribution in [-0.2, 0) is 25.0 Å². The number of nitrogens with zero attached hydrogens (tertiary/aromatic N) is 6. The van der Waals surface area contributed by atoms with Gasteiger partial charge in [-0.1, -0.05) is 0 Å². The molecule has 0 aliphatic carbocycles. The maximum absolute atomic E-state index is 15.1. The predicted molar refractivity (Wildman–Crippen MR) is 128 cm³/mol. The maximum atomic E-state index is 15.1. The fourth-order valence-corrected chi connectivity index (χ4v) is 4.93. The quantitative estimate of drug-likeness (QED) is 0.356. The van der Waals surface area contributed by atoms with Crippen LogP contribution < -0.4 is 5.56 Å². The Morgan fingerprint density at radius 1 is 1.16 bits per heavy atom. The van der Waals surface area contributed by atoms with Gasteiger partial charge in [-0.3, -0.25) is 19.0 Å². The summed E-state index contributed by atoms with van der Waals surface area (Å²) in [5, 5.41) is 13.2. The molecule has 12 heteroatoms. The summed E-state index contributed by atoms with van der Waals surface area (Å²) in [6.45, 7) is 1.90. The number of rotatable bonds is 3. The third kappa shape index (κ3) is 4.54. The summed E-state index contributed by atoms with van der Waals surface area (Å²) < 4.78 is 64.5. The first-order chi connectivity index (χ1) is 18.0. The first kappa shape index (κ1) is 25.5. The summed E-state index contributed by atoms with van der Waals surface area (Å²) in [5.41, 5.74) is -0.339. The van der Waals surface area contributed by atoms with Gasteiger partial charge in [-0.15, -0.1) is 0 Å². The summed E-state index contributed by atoms with van der Waals surface area (Å²) in [4.78, 5) is 21.5. The third-order valence-corrected chi connectivity index (χ3v) is 6.72. The first-order valence-corrected chi connectivity index (χ1v) is 11.8. The van der Waals surface area contributed by atoms with Crippen molar-refractivity contribution in [2.75, 3.05) is 0 Å². The molecule has 0 saturated carbocycles. The highest BCUT2D eigenvalue weighted by Gasteiger charge is 2.38. The van der Waals surface area contributed by atoms with Gasteiger partial charge in [0.1, 0.15) is 11.3 Å². The van der Waals surface area contributed by atoms with Crippen molar-refractivity contribution >= 4 is 10.9 Å². The molecule has 0 bridgehead atoms. The van der Waals surface area contributed by atoms with E-state index in [1.807, 2.05) is 19.2 Å². The summed E-state index contributed by atoms with van der Waals surface area (Å²) in [6, 6.07) is 6.83. The molecule has 1 aliphatic rings. The largest absolute Gasteiger partial charge is 0.449 e. The highest BCUT2D eigenvalue weighted by Crippen LogP contribution is 2.41. The molecule has 3 aromatic heterocycles. The molecule has 4 aromatic rings. The number of ether oxygens (including phenoxy) is 1. The van der Waals surface area contributed by atoms with Gasteiger partial charge in [-0.05, 0) is 44.0 Å². The topological polar surface area (TPSA) is 98.6 Å². The van der Waals surface area contributed by atoms with E-state index in [4.69, 9.17) is 10.00 Å². The Morgan fingerprint density at radius 3 is 2.55 bits per heavy atom. The number of fused-ring (bicyclic) bond motifs is 1. The van der Waals surface area contributed by atoms with Gasteiger partial charge in [0, 0.05) is 43.0 Å². The Labute approximate surface area is 214 Å². The van der Waals surface area contributed by atoms with Crippen molar-refractivity contribution in [2.24, 2.45) is 14.1 Å². The van der Waals surface area contributed by atoms with E-state index in [1.165, 1.54) is 18.2 Å². The van der Waals surface area contributed by atoms with Gasteiger partial charge >= 0.3 is 6.18 Å². The molecule has 0 spiro atoms. The van der Waals surface area contributed by atoms with Crippen LogP contribution >= 0.6 is 0 Å². The molecule has 1 fully saturated rings. The minimum absolute atomic E-state index is 0.0316. The Kier molecular flexibility index (Phi) is 6.27. The number of nitriles is 1. The van der Waals surface area contributed by atoms with Crippen LogP contribution in [0.3, 0.4) is 0 Å². The SMILES string of the molecule is C[C@@H]1C[C@@H](c2cc3c(=O)n(C)c(C(F)(F)F)nc3c(-c3ccc(C#N)cc3F)n2)C[C@@H](c2cnn(C)c2)O1. The van der Waals surface area contributed by atoms with E-state index in [1.54, 1.807) is 17.9 Å². The lowest BCUT2D eigenvalue weighted by Crippen LogP contribution is -2.29. The second kappa shape index (κ2) is 9.33. The van der Waals surface area contributed by atoms with E-state index in [2.05, 4.69) is 15.1 Å². The second-order valence-corrected chi connectivity index (χ2v) is 9.45. The smallest absolute Gasteiger partial charge is 0.370 e. The lowest BCUT2D eigenvalue weighted by molar-refractivity contribution is -0.147. The van der Waals surface area contributed by atoms with Crippen LogP contribution in [0.15, 0.2) is 41.5 Å². The van der Waals surface area contributed by atoms with Crippen molar-refractivity contribution in [3.8, 4) is 17.3 Å². The van der Waals surface area contributed by atoms with Crippen LogP contribution in [0.4, 0.5) is 17.6 Å². The molecule has 4 heterocycles. The minimum Gasteiger partial charge on any atom is -0.370 e. The maximum Gasteiger partial charge on any atom is 0.449 e. The van der Waals surface area contributed by atoms with Gasteiger partial charge in [0.25, 0.3) is 5.56 Å². The number of hydrogen-bond donors (Lipinski definition) is 0. The molecule has 0 amide bonds. The molecule has 0 N–H and O–H groups in total. The highest BCUT2D eigenvalue weighted by molar-refractivity contribution is 5.91. The minimum atomic E-state index is -4.92. The van der Waals surface area contributed by atoms with E-state index in [-0.39, 0.29) is 45.8 Å². The lowest BCUT2D eigenvalue weighted by atomic mass is 9.86. The van der Waals surface area contributed by atoms with Crippen LogP contribution in [-0.4, -0.2) is 30.4 Å². The van der Waals surface area contributed by atoms with E-state index >= 15 is 4.39 Å². The number of benzene rings is 1. The van der Waals surface area contributed by atoms with Crippen molar-refractivity contribution in [1.29, 1.82) is 5.26 Å². The third-order valence-electron chi connectivity index (χ3n) is 6.72. The second-order valence-electron chi connectivity index (χ2n) is 9.45. The zero-order valence-electron chi connectivity index (χ0n) is 20.6. The molecule has 0 radical (unpaired) electrons. The Morgan fingerprint density at radius 2 is 1.92 bits per heavy atom. The number of hydrogen-bond acceptors (Lipinski definition) is 6. The average Bonchev–Trinajstić information content (AvgIpc) is 3.31. The predicted octanol–water partition coefficient (Wildman–Crippen LogP) is 4.78. The Hall–Kier alpha value is -4.11. The van der Waals surface area contributed by atoms with E-state index in [0.717, 1.165) is 18.7 Å². The van der Waals surface area contributed by atoms with Crippen LogP contribution in [0.1, 0.15) is 54.4 Å². The monoisotopic (exact) mass is 526 g/mol. The molecule has 3 atom stereocenters. The van der Waals surface area contributed by atoms with Crippen molar-refractivity contribution in [3.05, 3.63) is 75.5 Å². The van der Waals surface area contributed by atoms with Gasteiger partial charge in [0.05, 0.1) is 41.1 Å². The standard InChI is InChI=1S/C26H22F4N6O2/c1-13-6-15(8-21(38-13)16-11-32-35(2)12-16)20-9-18-23(34-25(26(28,29)30)36(3)24(18)37)22(33-20)17-5-4-14(10-31)7-19(17)27/h4-5,7,9,11-13,15,21H,6,8H2,1-3H3/t13-,15-,21+/m1/s1. The first-order valence-electron chi connectivity index (χ1n) is 11.8. The molecule has 1 aromatic carbocycles. The van der Waals surface area contributed by atoms with Crippen LogP contribution in [0.5, 0.6) is 0 Å². The van der Waals surface area contributed by atoms with E-state index < -0.39 is 23.4 Å². The van der Waals surface area contributed by atoms with Crippen LogP contribution in [0.2, 0.25) is 0 Å². The van der Waals surface area contributed by atoms with E-state index in [0.29, 0.717) is 23.1 Å². The van der Waals surface area contributed by atoms with Gasteiger partial charge in [0.15, 0.2) is 0 Å². The van der Waals surface area contributed by atoms with E-state index in [9.17, 15) is 18.0 Å². The molecule has 8 nitrogen and oxygen atoms in total. The van der Waals surface area contributed by atoms with Crippen molar-refractivity contribution in [1.82, 2.24) is 24.3 Å². The number of aromatic nitrogens is 5. The summed E-state index contributed by atoms with van der Waals surface area (Å²) >= 11 is 0. The fourth-order valence-electron chi connectivity index (χ4n) is 4.93. The summed E-state index contributed by atoms with van der Waals surface area (Å²) in [5.74, 6) is -2.53. The Bertz CT molecular complexity index is 1650. The molecule has 0 unspecified atom stereocenters. The molecular weight excluding hydrogens is 504 g/mol. The number of pyridine rings is 1. The summed E-state index contributed by atoms with van der Waals surface area (Å²) in [6.07, 6.45) is -0.906. The fraction of sp³-hybridized carbons (Fsp3) is 0.346. The molecule has 38 heavy (non-hydrogen) atoms. The van der Waals surface area contributed by atoms with Crippen molar-refractivity contribution < 1.29 is 22.3 Å². The number of aryl methyl sites for hydroxylation is 1. The molecule has 196 valence electrons. The van der Waals surface area contributed by atoms with Gasteiger partial charge in [0.2, 0.25) is 5.82 Å². The zero-order valence-corrected chi connectivity index (χ0v) is 20.6. The normalized spacial score (nSPS) is 20.0. The number of alkyl halides is 3. The van der Waals surface area contributed by atoms with Crippen molar-refractivity contribution in [3.63, 3.8) is 0 Å². The molecule has 5 rings (SSSR count). The molecule has 1 saturated heterocycles. The van der Waals surface area contributed by atoms with Crippen LogP contribution in [0.25, 0.3) is 22.2 Å². The lowest BCUT2D eigenvalue weighted by Gasteiger charge is -2.33. The summed E-state index contributed by atoms with van der Waals surface area (Å²) in [7, 11) is 2.78. The average molecular weight is 526 g/mol. The molecular formula is C26H22F4N6O2. The van der Waals surface area contributed by atoms with Gasteiger partial charge in [-0.2, -0.15) is 23.5 Å². The zero-order chi connectivity index (χ0) is 27.4. The van der Waals surface area contributed by atoms with Crippen molar-refractivity contribution in [2.45, 2.75) is 44.1 Å². The molecule has 1 aliphatic heterocycles. The van der Waals surface area contributed by atoms with Gasteiger partial charge < -0.3 is 4.74 Å². The number of halogens is 4.